The van der Waals surface area contributed by atoms with Crippen LogP contribution < -0.4 is 0 Å². The second-order valence-corrected chi connectivity index (χ2v) is 8.93. The highest BCUT2D eigenvalue weighted by atomic mass is 16.6. The lowest BCUT2D eigenvalue weighted by atomic mass is 10.1. The zero-order valence-electron chi connectivity index (χ0n) is 18.8. The van der Waals surface area contributed by atoms with E-state index in [0.29, 0.717) is 44.4 Å². The van der Waals surface area contributed by atoms with Gasteiger partial charge in [-0.2, -0.15) is 5.10 Å². The van der Waals surface area contributed by atoms with Gasteiger partial charge in [-0.15, -0.1) is 0 Å². The maximum atomic E-state index is 13.4. The van der Waals surface area contributed by atoms with E-state index >= 15 is 0 Å². The smallest absolute Gasteiger partial charge is 0.409 e. The summed E-state index contributed by atoms with van der Waals surface area (Å²) in [6.07, 6.45) is 3.34. The van der Waals surface area contributed by atoms with Crippen molar-refractivity contribution < 1.29 is 14.3 Å². The van der Waals surface area contributed by atoms with Gasteiger partial charge in [-0.25, -0.2) is 9.48 Å². The number of rotatable bonds is 4. The highest BCUT2D eigenvalue weighted by molar-refractivity contribution is 5.94. The molecule has 2 aliphatic rings. The Kier molecular flexibility index (Phi) is 6.30. The van der Waals surface area contributed by atoms with Crippen molar-refractivity contribution in [2.24, 2.45) is 5.92 Å². The summed E-state index contributed by atoms with van der Waals surface area (Å²) < 4.78 is 7.34. The molecule has 4 rings (SSSR count). The van der Waals surface area contributed by atoms with Gasteiger partial charge < -0.3 is 14.5 Å². The molecule has 1 saturated heterocycles. The van der Waals surface area contributed by atoms with E-state index in [-0.39, 0.29) is 12.0 Å². The second-order valence-electron chi connectivity index (χ2n) is 8.93. The second kappa shape index (κ2) is 9.12. The van der Waals surface area contributed by atoms with Crippen LogP contribution in [0.3, 0.4) is 0 Å². The molecule has 166 valence electrons. The fourth-order valence-corrected chi connectivity index (χ4v) is 4.39. The van der Waals surface area contributed by atoms with Gasteiger partial charge in [-0.3, -0.25) is 4.79 Å². The Morgan fingerprint density at radius 1 is 1.03 bits per heavy atom. The SMILES string of the molecule is Cc1ccccc1-n1nc(C(=O)N2CCCN(C(=O)OCC(C)C)CC2)c2c1CCC2. The molecule has 7 heteroatoms. The molecule has 1 aliphatic heterocycles. The fraction of sp³-hybridized carbons (Fsp3) is 0.542. The minimum absolute atomic E-state index is 0.0251. The van der Waals surface area contributed by atoms with E-state index in [0.717, 1.165) is 48.2 Å². The first-order valence-electron chi connectivity index (χ1n) is 11.3. The Morgan fingerprint density at radius 2 is 1.77 bits per heavy atom. The van der Waals surface area contributed by atoms with Crippen LogP contribution in [0.2, 0.25) is 0 Å². The molecule has 2 amide bonds. The number of para-hydroxylation sites is 1. The normalized spacial score (nSPS) is 16.4. The molecule has 0 saturated carbocycles. The molecule has 0 unspecified atom stereocenters. The molecule has 31 heavy (non-hydrogen) atoms. The summed E-state index contributed by atoms with van der Waals surface area (Å²) in [5.74, 6) is 0.280. The molecule has 7 nitrogen and oxygen atoms in total. The number of amides is 2. The predicted molar refractivity (Wildman–Crippen MR) is 119 cm³/mol. The molecule has 2 aromatic rings. The number of ether oxygens (including phenoxy) is 1. The van der Waals surface area contributed by atoms with Gasteiger partial charge in [0, 0.05) is 37.4 Å². The third-order valence-corrected chi connectivity index (χ3v) is 6.06. The van der Waals surface area contributed by atoms with E-state index < -0.39 is 0 Å². The molecular formula is C24H32N4O3. The summed E-state index contributed by atoms with van der Waals surface area (Å²) in [6, 6.07) is 8.15. The number of aryl methyl sites for hydroxylation is 1. The van der Waals surface area contributed by atoms with Crippen molar-refractivity contribution in [2.75, 3.05) is 32.8 Å². The molecular weight excluding hydrogens is 392 g/mol. The van der Waals surface area contributed by atoms with Crippen LogP contribution in [-0.4, -0.2) is 64.4 Å². The highest BCUT2D eigenvalue weighted by Gasteiger charge is 2.31. The Labute approximate surface area is 184 Å². The third kappa shape index (κ3) is 4.45. The molecule has 0 N–H and O–H groups in total. The average molecular weight is 425 g/mol. The minimum Gasteiger partial charge on any atom is -0.449 e. The number of aromatic nitrogens is 2. The van der Waals surface area contributed by atoms with Gasteiger partial charge >= 0.3 is 6.09 Å². The first-order valence-corrected chi connectivity index (χ1v) is 11.3. The molecule has 0 spiro atoms. The third-order valence-electron chi connectivity index (χ3n) is 6.06. The molecule has 1 fully saturated rings. The topological polar surface area (TPSA) is 67.7 Å². The van der Waals surface area contributed by atoms with E-state index in [1.807, 2.05) is 35.6 Å². The van der Waals surface area contributed by atoms with E-state index in [4.69, 9.17) is 9.84 Å². The number of carbonyl (C=O) groups is 2. The van der Waals surface area contributed by atoms with E-state index in [2.05, 4.69) is 19.1 Å². The first-order chi connectivity index (χ1) is 15.0. The molecule has 0 radical (unpaired) electrons. The quantitative estimate of drug-likeness (QED) is 0.752. The molecule has 0 atom stereocenters. The maximum Gasteiger partial charge on any atom is 0.409 e. The molecule has 1 aromatic heterocycles. The Morgan fingerprint density at radius 3 is 2.55 bits per heavy atom. The van der Waals surface area contributed by atoms with Gasteiger partial charge in [0.2, 0.25) is 0 Å². The van der Waals surface area contributed by atoms with Gasteiger partial charge in [0.15, 0.2) is 5.69 Å². The Balaban J connectivity index is 1.51. The molecule has 1 aliphatic carbocycles. The number of fused-ring (bicyclic) bond motifs is 1. The van der Waals surface area contributed by atoms with Crippen molar-refractivity contribution >= 4 is 12.0 Å². The zero-order valence-corrected chi connectivity index (χ0v) is 18.8. The lowest BCUT2D eigenvalue weighted by Crippen LogP contribution is -2.38. The molecule has 1 aromatic carbocycles. The zero-order chi connectivity index (χ0) is 22.0. The van der Waals surface area contributed by atoms with Crippen LogP contribution in [0.4, 0.5) is 4.79 Å². The van der Waals surface area contributed by atoms with Gasteiger partial charge in [0.25, 0.3) is 5.91 Å². The van der Waals surface area contributed by atoms with Crippen LogP contribution in [-0.2, 0) is 17.6 Å². The predicted octanol–water partition coefficient (Wildman–Crippen LogP) is 3.61. The van der Waals surface area contributed by atoms with Crippen molar-refractivity contribution in [2.45, 2.75) is 46.5 Å². The average Bonchev–Trinajstić information content (AvgIpc) is 3.27. The van der Waals surface area contributed by atoms with Crippen molar-refractivity contribution in [3.63, 3.8) is 0 Å². The van der Waals surface area contributed by atoms with E-state index in [9.17, 15) is 9.59 Å². The standard InChI is InChI=1S/C24H32N4O3/c1-17(2)16-31-24(30)27-13-7-12-26(14-15-27)23(29)22-19-9-6-11-21(19)28(25-22)20-10-5-4-8-18(20)3/h4-5,8,10,17H,6-7,9,11-16H2,1-3H3. The molecule has 0 bridgehead atoms. The van der Waals surface area contributed by atoms with Crippen molar-refractivity contribution in [3.8, 4) is 5.69 Å². The number of hydrogen-bond acceptors (Lipinski definition) is 4. The number of benzene rings is 1. The van der Waals surface area contributed by atoms with Gasteiger partial charge in [-0.05, 0) is 50.2 Å². The number of nitrogens with zero attached hydrogens (tertiary/aromatic N) is 4. The monoisotopic (exact) mass is 424 g/mol. The first kappa shape index (κ1) is 21.4. The van der Waals surface area contributed by atoms with Crippen LogP contribution in [0.1, 0.15) is 54.0 Å². The van der Waals surface area contributed by atoms with E-state index in [1.54, 1.807) is 4.90 Å². The van der Waals surface area contributed by atoms with Crippen LogP contribution >= 0.6 is 0 Å². The van der Waals surface area contributed by atoms with Crippen molar-refractivity contribution in [3.05, 3.63) is 46.8 Å². The summed E-state index contributed by atoms with van der Waals surface area (Å²) in [5, 5.41) is 4.79. The lowest BCUT2D eigenvalue weighted by Gasteiger charge is -2.22. The van der Waals surface area contributed by atoms with Crippen LogP contribution in [0.5, 0.6) is 0 Å². The van der Waals surface area contributed by atoms with Crippen molar-refractivity contribution in [1.82, 2.24) is 19.6 Å². The van der Waals surface area contributed by atoms with Gasteiger partial charge in [0.05, 0.1) is 12.3 Å². The summed E-state index contributed by atoms with van der Waals surface area (Å²) in [4.78, 5) is 29.3. The molecule has 2 heterocycles. The van der Waals surface area contributed by atoms with Crippen LogP contribution in [0.25, 0.3) is 5.69 Å². The largest absolute Gasteiger partial charge is 0.449 e. The van der Waals surface area contributed by atoms with Crippen molar-refractivity contribution in [1.29, 1.82) is 0 Å². The van der Waals surface area contributed by atoms with E-state index in [1.165, 1.54) is 0 Å². The Hall–Kier alpha value is -2.83. The summed E-state index contributed by atoms with van der Waals surface area (Å²) in [5.41, 5.74) is 5.00. The van der Waals surface area contributed by atoms with Crippen LogP contribution in [0, 0.1) is 12.8 Å². The maximum absolute atomic E-state index is 13.4. The lowest BCUT2D eigenvalue weighted by molar-refractivity contribution is 0.0739. The summed E-state index contributed by atoms with van der Waals surface area (Å²) in [7, 11) is 0. The minimum atomic E-state index is -0.285. The number of carbonyl (C=O) groups excluding carboxylic acids is 2. The van der Waals surface area contributed by atoms with Crippen LogP contribution in [0.15, 0.2) is 24.3 Å². The fourth-order valence-electron chi connectivity index (χ4n) is 4.39. The summed E-state index contributed by atoms with van der Waals surface area (Å²) >= 11 is 0. The summed E-state index contributed by atoms with van der Waals surface area (Å²) in [6.45, 7) is 8.75. The number of hydrogen-bond donors (Lipinski definition) is 0. The Bertz CT molecular complexity index is 966. The van der Waals surface area contributed by atoms with Gasteiger partial charge in [-0.1, -0.05) is 32.0 Å². The van der Waals surface area contributed by atoms with Gasteiger partial charge in [0.1, 0.15) is 0 Å². The highest BCUT2D eigenvalue weighted by Crippen LogP contribution is 2.29.